The van der Waals surface area contributed by atoms with E-state index < -0.39 is 0 Å². The number of carbonyl (C=O) groups is 1. The summed E-state index contributed by atoms with van der Waals surface area (Å²) in [5.74, 6) is 1.56. The summed E-state index contributed by atoms with van der Waals surface area (Å²) in [6.07, 6.45) is 3.20. The number of ether oxygens (including phenoxy) is 3. The number of fused-ring (bicyclic) bond motifs is 1. The molecule has 1 spiro atoms. The van der Waals surface area contributed by atoms with Crippen LogP contribution in [0.2, 0.25) is 0 Å². The number of methoxy groups -OCH3 is 1. The summed E-state index contributed by atoms with van der Waals surface area (Å²) < 4.78 is 16.8. The number of nitrogens with zero attached hydrogens (tertiary/aromatic N) is 1. The Balaban J connectivity index is 1.41. The first-order chi connectivity index (χ1) is 11.2. The fourth-order valence-electron chi connectivity index (χ4n) is 3.34. The highest BCUT2D eigenvalue weighted by Gasteiger charge is 2.50. The summed E-state index contributed by atoms with van der Waals surface area (Å²) >= 11 is 0. The van der Waals surface area contributed by atoms with E-state index in [0.717, 1.165) is 36.3 Å². The second kappa shape index (κ2) is 5.60. The summed E-state index contributed by atoms with van der Waals surface area (Å²) in [4.78, 5) is 14.4. The van der Waals surface area contributed by atoms with E-state index in [2.05, 4.69) is 5.32 Å². The minimum Gasteiger partial charge on any atom is -0.497 e. The lowest BCUT2D eigenvalue weighted by Gasteiger charge is -2.22. The lowest BCUT2D eigenvalue weighted by molar-refractivity contribution is 0.0885. The third-order valence-corrected chi connectivity index (χ3v) is 4.89. The second-order valence-corrected chi connectivity index (χ2v) is 6.59. The number of benzene rings is 1. The lowest BCUT2D eigenvalue weighted by Crippen LogP contribution is -2.45. The molecule has 1 saturated carbocycles. The van der Waals surface area contributed by atoms with Crippen molar-refractivity contribution in [2.75, 3.05) is 26.9 Å². The molecule has 0 bridgehead atoms. The molecule has 2 heterocycles. The van der Waals surface area contributed by atoms with Crippen LogP contribution >= 0.6 is 0 Å². The summed E-state index contributed by atoms with van der Waals surface area (Å²) in [7, 11) is 1.63. The van der Waals surface area contributed by atoms with Crippen molar-refractivity contribution in [1.82, 2.24) is 10.2 Å². The molecule has 1 aromatic rings. The molecule has 0 aromatic heterocycles. The van der Waals surface area contributed by atoms with Crippen molar-refractivity contribution in [2.45, 2.75) is 37.5 Å². The van der Waals surface area contributed by atoms with Crippen LogP contribution in [0.4, 0.5) is 4.79 Å². The number of hydrogen-bond acceptors (Lipinski definition) is 4. The molecule has 2 amide bonds. The van der Waals surface area contributed by atoms with Gasteiger partial charge in [0.1, 0.15) is 18.1 Å². The van der Waals surface area contributed by atoms with E-state index in [1.165, 1.54) is 0 Å². The van der Waals surface area contributed by atoms with Crippen molar-refractivity contribution >= 4 is 6.03 Å². The maximum atomic E-state index is 12.6. The van der Waals surface area contributed by atoms with Gasteiger partial charge in [-0.2, -0.15) is 0 Å². The van der Waals surface area contributed by atoms with Crippen LogP contribution in [0.5, 0.6) is 11.5 Å². The van der Waals surface area contributed by atoms with E-state index in [9.17, 15) is 4.79 Å². The van der Waals surface area contributed by atoms with Crippen molar-refractivity contribution in [3.8, 4) is 11.5 Å². The van der Waals surface area contributed by atoms with E-state index in [1.54, 1.807) is 12.0 Å². The van der Waals surface area contributed by atoms with Gasteiger partial charge in [0.05, 0.1) is 38.4 Å². The van der Waals surface area contributed by atoms with E-state index in [-0.39, 0.29) is 17.7 Å². The first kappa shape index (κ1) is 14.6. The number of urea groups is 1. The molecule has 1 N–H and O–H groups in total. The molecule has 6 nitrogen and oxygen atoms in total. The zero-order valence-corrected chi connectivity index (χ0v) is 13.3. The van der Waals surface area contributed by atoms with Gasteiger partial charge in [-0.25, -0.2) is 4.79 Å². The topological polar surface area (TPSA) is 60.0 Å². The third-order valence-electron chi connectivity index (χ3n) is 4.89. The number of carbonyl (C=O) groups excluding carboxylic acids is 1. The van der Waals surface area contributed by atoms with Crippen LogP contribution in [0.15, 0.2) is 18.2 Å². The smallest absolute Gasteiger partial charge is 0.318 e. The van der Waals surface area contributed by atoms with Gasteiger partial charge >= 0.3 is 6.03 Å². The standard InChI is InChI=1S/C17H22N2O4/c1-21-14-3-2-12-10-19(6-7-22-15(12)8-14)16(20)18-13-9-17(4-5-17)23-11-13/h2-3,8,13H,4-7,9-11H2,1H3,(H,18,20). The lowest BCUT2D eigenvalue weighted by atomic mass is 10.1. The third kappa shape index (κ3) is 2.95. The molecule has 124 valence electrons. The van der Waals surface area contributed by atoms with Crippen LogP contribution in [0.3, 0.4) is 0 Å². The van der Waals surface area contributed by atoms with Crippen LogP contribution in [-0.4, -0.2) is 49.4 Å². The van der Waals surface area contributed by atoms with Crippen molar-refractivity contribution in [3.05, 3.63) is 23.8 Å². The predicted molar refractivity (Wildman–Crippen MR) is 83.8 cm³/mol. The fraction of sp³-hybridized carbons (Fsp3) is 0.588. The van der Waals surface area contributed by atoms with Gasteiger partial charge in [-0.15, -0.1) is 0 Å². The summed E-state index contributed by atoms with van der Waals surface area (Å²) in [5, 5.41) is 3.11. The molecular weight excluding hydrogens is 296 g/mol. The average Bonchev–Trinajstić information content (AvgIpc) is 3.25. The molecule has 6 heteroatoms. The Morgan fingerprint density at radius 1 is 1.43 bits per heavy atom. The Labute approximate surface area is 135 Å². The highest BCUT2D eigenvalue weighted by atomic mass is 16.5. The van der Waals surface area contributed by atoms with Crippen LogP contribution in [0.1, 0.15) is 24.8 Å². The van der Waals surface area contributed by atoms with Gasteiger partial charge in [0.15, 0.2) is 0 Å². The first-order valence-electron chi connectivity index (χ1n) is 8.17. The Morgan fingerprint density at radius 2 is 2.30 bits per heavy atom. The molecule has 0 radical (unpaired) electrons. The van der Waals surface area contributed by atoms with Crippen LogP contribution < -0.4 is 14.8 Å². The molecule has 1 unspecified atom stereocenters. The Hall–Kier alpha value is -1.95. The van der Waals surface area contributed by atoms with E-state index >= 15 is 0 Å². The zero-order valence-electron chi connectivity index (χ0n) is 13.3. The minimum atomic E-state index is -0.0384. The van der Waals surface area contributed by atoms with Gasteiger partial charge in [0, 0.05) is 11.6 Å². The fourth-order valence-corrected chi connectivity index (χ4v) is 3.34. The van der Waals surface area contributed by atoms with Gasteiger partial charge in [-0.05, 0) is 31.4 Å². The normalized spacial score (nSPS) is 24.6. The monoisotopic (exact) mass is 318 g/mol. The summed E-state index contributed by atoms with van der Waals surface area (Å²) in [5.41, 5.74) is 1.09. The van der Waals surface area contributed by atoms with Crippen LogP contribution in [0, 0.1) is 0 Å². The summed E-state index contributed by atoms with van der Waals surface area (Å²) in [6.45, 7) is 2.23. The highest BCUT2D eigenvalue weighted by molar-refractivity contribution is 5.75. The second-order valence-electron chi connectivity index (χ2n) is 6.59. The van der Waals surface area contributed by atoms with Gasteiger partial charge < -0.3 is 24.4 Å². The molecule has 1 saturated heterocycles. The number of amides is 2. The molecule has 3 aliphatic rings. The van der Waals surface area contributed by atoms with E-state index in [0.29, 0.717) is 26.3 Å². The van der Waals surface area contributed by atoms with Gasteiger partial charge in [0.2, 0.25) is 0 Å². The number of nitrogens with one attached hydrogen (secondary N) is 1. The minimum absolute atomic E-state index is 0.0384. The Bertz CT molecular complexity index is 615. The molecule has 1 aromatic carbocycles. The summed E-state index contributed by atoms with van der Waals surface area (Å²) in [6, 6.07) is 5.81. The number of rotatable bonds is 2. The maximum absolute atomic E-state index is 12.6. The van der Waals surface area contributed by atoms with Crippen molar-refractivity contribution < 1.29 is 19.0 Å². The van der Waals surface area contributed by atoms with Crippen molar-refractivity contribution in [2.24, 2.45) is 0 Å². The quantitative estimate of drug-likeness (QED) is 0.905. The van der Waals surface area contributed by atoms with Gasteiger partial charge in [-0.3, -0.25) is 0 Å². The van der Waals surface area contributed by atoms with E-state index in [1.807, 2.05) is 18.2 Å². The van der Waals surface area contributed by atoms with Gasteiger partial charge in [-0.1, -0.05) is 0 Å². The predicted octanol–water partition coefficient (Wildman–Crippen LogP) is 1.92. The molecule has 23 heavy (non-hydrogen) atoms. The van der Waals surface area contributed by atoms with Crippen LogP contribution in [0.25, 0.3) is 0 Å². The van der Waals surface area contributed by atoms with E-state index in [4.69, 9.17) is 14.2 Å². The molecule has 2 fully saturated rings. The maximum Gasteiger partial charge on any atom is 0.318 e. The Kier molecular flexibility index (Phi) is 3.56. The average molecular weight is 318 g/mol. The first-order valence-corrected chi connectivity index (χ1v) is 8.17. The van der Waals surface area contributed by atoms with Gasteiger partial charge in [0.25, 0.3) is 0 Å². The number of hydrogen-bond donors (Lipinski definition) is 1. The highest BCUT2D eigenvalue weighted by Crippen LogP contribution is 2.47. The zero-order chi connectivity index (χ0) is 15.9. The van der Waals surface area contributed by atoms with Crippen molar-refractivity contribution in [3.63, 3.8) is 0 Å². The van der Waals surface area contributed by atoms with Crippen LogP contribution in [-0.2, 0) is 11.3 Å². The SMILES string of the molecule is COc1ccc2c(c1)OCCN(C(=O)NC1COC3(CC3)C1)C2. The molecule has 1 atom stereocenters. The molecule has 2 aliphatic heterocycles. The molecule has 1 aliphatic carbocycles. The Morgan fingerprint density at radius 3 is 3.04 bits per heavy atom. The van der Waals surface area contributed by atoms with Crippen molar-refractivity contribution in [1.29, 1.82) is 0 Å². The largest absolute Gasteiger partial charge is 0.497 e. The molecule has 4 rings (SSSR count). The molecular formula is C17H22N2O4.